The van der Waals surface area contributed by atoms with Crippen LogP contribution in [0.4, 0.5) is 0 Å². The topological polar surface area (TPSA) is 93.7 Å². The smallest absolute Gasteiger partial charge is 0.238 e. The third kappa shape index (κ3) is 16.2. The number of nitrogens with one attached hydrogen (secondary N) is 2. The zero-order valence-corrected chi connectivity index (χ0v) is 28.7. The van der Waals surface area contributed by atoms with Crippen LogP contribution in [0.25, 0.3) is 0 Å². The number of allylic oxidation sites excluding steroid dienone is 5. The third-order valence-electron chi connectivity index (χ3n) is 7.41. The molecule has 2 aliphatic carbocycles. The summed E-state index contributed by atoms with van der Waals surface area (Å²) in [6, 6.07) is 6.87. The van der Waals surface area contributed by atoms with E-state index in [0.717, 1.165) is 48.4 Å². The van der Waals surface area contributed by atoms with E-state index in [1.807, 2.05) is 30.3 Å². The molecule has 1 unspecified atom stereocenters. The molecule has 1 fully saturated rings. The van der Waals surface area contributed by atoms with Crippen LogP contribution in [-0.2, 0) is 25.5 Å². The second-order valence-corrected chi connectivity index (χ2v) is 13.9. The maximum atomic E-state index is 12.8. The summed E-state index contributed by atoms with van der Waals surface area (Å²) in [5.74, 6) is 2.18. The first-order chi connectivity index (χ1) is 20.8. The highest BCUT2D eigenvalue weighted by Crippen LogP contribution is 2.29. The Hall–Kier alpha value is -3.03. The van der Waals surface area contributed by atoms with Gasteiger partial charge in [0.25, 0.3) is 0 Å². The number of carbonyl (C=O) groups excluding carboxylic acids is 3. The van der Waals surface area contributed by atoms with E-state index in [1.54, 1.807) is 21.3 Å². The van der Waals surface area contributed by atoms with Gasteiger partial charge in [-0.2, -0.15) is 0 Å². The van der Waals surface area contributed by atoms with Crippen molar-refractivity contribution < 1.29 is 23.9 Å². The van der Waals surface area contributed by atoms with Gasteiger partial charge in [-0.05, 0) is 66.0 Å². The van der Waals surface area contributed by atoms with Crippen LogP contribution in [0.3, 0.4) is 0 Å². The molecule has 1 amide bonds. The molecule has 0 saturated heterocycles. The zero-order chi connectivity index (χ0) is 33.2. The minimum absolute atomic E-state index is 0.0512. The van der Waals surface area contributed by atoms with Crippen LogP contribution < -0.4 is 15.4 Å². The van der Waals surface area contributed by atoms with Crippen molar-refractivity contribution in [2.75, 3.05) is 21.3 Å². The Morgan fingerprint density at radius 2 is 1.70 bits per heavy atom. The molecule has 1 saturated carbocycles. The summed E-state index contributed by atoms with van der Waals surface area (Å²) >= 11 is 0. The van der Waals surface area contributed by atoms with Crippen molar-refractivity contribution in [3.8, 4) is 5.75 Å². The molecule has 1 aromatic carbocycles. The minimum Gasteiger partial charge on any atom is -0.461 e. The number of benzene rings is 1. The lowest BCUT2D eigenvalue weighted by molar-refractivity contribution is -0.126. The lowest BCUT2D eigenvalue weighted by Crippen LogP contribution is -2.49. The molecule has 0 heterocycles. The number of amides is 1. The van der Waals surface area contributed by atoms with Gasteiger partial charge in [0.05, 0.1) is 12.1 Å². The van der Waals surface area contributed by atoms with Crippen molar-refractivity contribution in [2.24, 2.45) is 16.7 Å². The van der Waals surface area contributed by atoms with E-state index < -0.39 is 12.1 Å². The largest absolute Gasteiger partial charge is 0.461 e. The second-order valence-electron chi connectivity index (χ2n) is 13.9. The summed E-state index contributed by atoms with van der Waals surface area (Å²) in [5, 5.41) is 5.95. The van der Waals surface area contributed by atoms with E-state index in [4.69, 9.17) is 4.74 Å². The molecule has 2 atom stereocenters. The van der Waals surface area contributed by atoms with Crippen LogP contribution in [0.2, 0.25) is 0 Å². The lowest BCUT2D eigenvalue weighted by atomic mass is 9.86. The summed E-state index contributed by atoms with van der Waals surface area (Å²) in [6.07, 6.45) is 18.2. The van der Waals surface area contributed by atoms with Gasteiger partial charge in [0.1, 0.15) is 24.1 Å². The molecule has 2 aliphatic rings. The lowest BCUT2D eigenvalue weighted by Gasteiger charge is -2.25. The van der Waals surface area contributed by atoms with E-state index in [2.05, 4.69) is 75.1 Å². The SMILES string of the molecule is CNC(Cc1cccc(OC2=CC=C(C(C)(C)C)C=CC2)c1)C(=O)N[C@H](C=O)CC(C)(C)C.COC.O=CCC1CCCC1. The van der Waals surface area contributed by atoms with Crippen molar-refractivity contribution in [3.63, 3.8) is 0 Å². The summed E-state index contributed by atoms with van der Waals surface area (Å²) in [4.78, 5) is 34.2. The molecule has 7 nitrogen and oxygen atoms in total. The van der Waals surface area contributed by atoms with Crippen LogP contribution in [0.5, 0.6) is 5.75 Å². The van der Waals surface area contributed by atoms with E-state index >= 15 is 0 Å². The number of aldehydes is 2. The Morgan fingerprint density at radius 3 is 2.25 bits per heavy atom. The predicted molar refractivity (Wildman–Crippen MR) is 181 cm³/mol. The van der Waals surface area contributed by atoms with Crippen LogP contribution >= 0.6 is 0 Å². The van der Waals surface area contributed by atoms with Crippen LogP contribution in [0.15, 0.2) is 59.9 Å². The van der Waals surface area contributed by atoms with Gasteiger partial charge in [-0.1, -0.05) is 97.6 Å². The highest BCUT2D eigenvalue weighted by atomic mass is 16.5. The van der Waals surface area contributed by atoms with Gasteiger partial charge in [-0.15, -0.1) is 0 Å². The van der Waals surface area contributed by atoms with Gasteiger partial charge >= 0.3 is 0 Å². The molecule has 0 aromatic heterocycles. The molecule has 0 bridgehead atoms. The van der Waals surface area contributed by atoms with Gasteiger partial charge in [0, 0.05) is 27.1 Å². The predicted octanol–water partition coefficient (Wildman–Crippen LogP) is 7.16. The molecule has 7 heteroatoms. The third-order valence-corrected chi connectivity index (χ3v) is 7.41. The van der Waals surface area contributed by atoms with Crippen molar-refractivity contribution in [1.29, 1.82) is 0 Å². The highest BCUT2D eigenvalue weighted by Gasteiger charge is 2.24. The first-order valence-corrected chi connectivity index (χ1v) is 15.9. The first-order valence-electron chi connectivity index (χ1n) is 15.9. The molecule has 0 radical (unpaired) electrons. The first kappa shape index (κ1) is 39.0. The molecule has 0 aliphatic heterocycles. The van der Waals surface area contributed by atoms with Crippen molar-refractivity contribution >= 4 is 18.5 Å². The molecule has 2 N–H and O–H groups in total. The fraction of sp³-hybridized carbons (Fsp3) is 0.595. The molecule has 0 spiro atoms. The van der Waals surface area contributed by atoms with E-state index in [0.29, 0.717) is 12.8 Å². The number of hydrogen-bond donors (Lipinski definition) is 2. The maximum absolute atomic E-state index is 12.8. The zero-order valence-electron chi connectivity index (χ0n) is 28.7. The quantitative estimate of drug-likeness (QED) is 0.258. The fourth-order valence-electron chi connectivity index (χ4n) is 5.09. The van der Waals surface area contributed by atoms with E-state index in [1.165, 1.54) is 31.3 Å². The number of carbonyl (C=O) groups is 3. The number of hydrogen-bond acceptors (Lipinski definition) is 6. The van der Waals surface area contributed by atoms with Gasteiger partial charge in [0.2, 0.25) is 5.91 Å². The Morgan fingerprint density at radius 1 is 1.05 bits per heavy atom. The summed E-state index contributed by atoms with van der Waals surface area (Å²) < 4.78 is 10.4. The Labute approximate surface area is 266 Å². The van der Waals surface area contributed by atoms with Crippen molar-refractivity contribution in [2.45, 2.75) is 105 Å². The molecule has 3 rings (SSSR count). The summed E-state index contributed by atoms with van der Waals surface area (Å²) in [6.45, 7) is 12.7. The maximum Gasteiger partial charge on any atom is 0.238 e. The van der Waals surface area contributed by atoms with Crippen molar-refractivity contribution in [3.05, 3.63) is 65.5 Å². The normalized spacial score (nSPS) is 16.5. The molecule has 1 aromatic rings. The van der Waals surface area contributed by atoms with E-state index in [-0.39, 0.29) is 16.7 Å². The van der Waals surface area contributed by atoms with Crippen molar-refractivity contribution in [1.82, 2.24) is 10.6 Å². The number of rotatable bonds is 11. The Kier molecular flexibility index (Phi) is 17.8. The number of likely N-dealkylation sites (N-methyl/N-ethyl adjacent to an activating group) is 1. The Bertz CT molecular complexity index is 1100. The standard InChI is InChI=1S/C28H40N2O3.C7H12O.C2H6O/c1-27(2,3)18-22(19-31)30-26(32)25(29-7)17-20-10-8-13-24(16-20)33-23-12-9-11-21(14-15-23)28(4,5)6;8-6-5-7-3-1-2-4-7;1-3-2/h8-11,13-16,19,22,25,29H,12,17-18H2,1-7H3,(H,30,32);6-7H,1-5H2;1-2H3/t22-,25?;;/m0../s1. The molecule has 44 heavy (non-hydrogen) atoms. The summed E-state index contributed by atoms with van der Waals surface area (Å²) in [7, 11) is 5.01. The summed E-state index contributed by atoms with van der Waals surface area (Å²) in [5.41, 5.74) is 2.28. The van der Waals surface area contributed by atoms with Gasteiger partial charge in [0.15, 0.2) is 0 Å². The number of methoxy groups -OCH3 is 1. The number of ether oxygens (including phenoxy) is 2. The van der Waals surface area contributed by atoms with Gasteiger partial charge < -0.3 is 29.7 Å². The average Bonchev–Trinajstić information content (AvgIpc) is 3.34. The van der Waals surface area contributed by atoms with Crippen LogP contribution in [0.1, 0.15) is 92.1 Å². The fourth-order valence-corrected chi connectivity index (χ4v) is 5.09. The average molecular weight is 611 g/mol. The second kappa shape index (κ2) is 20.1. The minimum atomic E-state index is -0.496. The van der Waals surface area contributed by atoms with Gasteiger partial charge in [-0.3, -0.25) is 4.79 Å². The Balaban J connectivity index is 0.000000740. The van der Waals surface area contributed by atoms with Crippen LogP contribution in [-0.4, -0.2) is 51.8 Å². The van der Waals surface area contributed by atoms with E-state index in [9.17, 15) is 14.4 Å². The molecular weight excluding hydrogens is 552 g/mol. The monoisotopic (exact) mass is 610 g/mol. The van der Waals surface area contributed by atoms with Gasteiger partial charge in [-0.25, -0.2) is 0 Å². The molecule has 246 valence electrons. The molecular formula is C37H58N2O5. The van der Waals surface area contributed by atoms with Crippen LogP contribution in [0, 0.1) is 16.7 Å². The highest BCUT2D eigenvalue weighted by molar-refractivity contribution is 5.84.